The number of nitrogens with zero attached hydrogens (tertiary/aromatic N) is 1. The van der Waals surface area contributed by atoms with Gasteiger partial charge in [-0.3, -0.25) is 0 Å². The van der Waals surface area contributed by atoms with Gasteiger partial charge in [-0.15, -0.1) is 11.8 Å². The highest BCUT2D eigenvalue weighted by Gasteiger charge is 1.99. The van der Waals surface area contributed by atoms with Gasteiger partial charge in [0, 0.05) is 11.3 Å². The maximum absolute atomic E-state index is 8.41. The van der Waals surface area contributed by atoms with Gasteiger partial charge in [0.15, 0.2) is 0 Å². The predicted molar refractivity (Wildman–Crippen MR) is 57.2 cm³/mol. The van der Waals surface area contributed by atoms with Crippen LogP contribution in [0.25, 0.3) is 0 Å². The highest BCUT2D eigenvalue weighted by atomic mass is 35.5. The van der Waals surface area contributed by atoms with Crippen molar-refractivity contribution >= 4 is 23.4 Å². The van der Waals surface area contributed by atoms with Crippen molar-refractivity contribution in [2.75, 3.05) is 6.26 Å². The van der Waals surface area contributed by atoms with Crippen LogP contribution >= 0.6 is 23.4 Å². The first-order valence-electron chi connectivity index (χ1n) is 3.97. The number of benzene rings is 1. The normalized spacial score (nSPS) is 9.62. The Morgan fingerprint density at radius 2 is 2.31 bits per heavy atom. The summed E-state index contributed by atoms with van der Waals surface area (Å²) in [5, 5.41) is 9.19. The van der Waals surface area contributed by atoms with Gasteiger partial charge >= 0.3 is 0 Å². The summed E-state index contributed by atoms with van der Waals surface area (Å²) in [7, 11) is 0. The zero-order valence-electron chi connectivity index (χ0n) is 7.38. The Kier molecular flexibility index (Phi) is 4.14. The van der Waals surface area contributed by atoms with Gasteiger partial charge in [0.2, 0.25) is 0 Å². The fraction of sp³-hybridized carbons (Fsp3) is 0.300. The number of thioether (sulfide) groups is 1. The average Bonchev–Trinajstić information content (AvgIpc) is 2.15. The molecule has 1 rings (SSSR count). The molecule has 0 radical (unpaired) electrons. The standard InChI is InChI=1S/C10H10ClNS/c1-13-10-5-4-8(3-2-6-12)7-9(10)11/h4-5,7H,2-3H2,1H3. The Bertz CT molecular complexity index is 330. The van der Waals surface area contributed by atoms with Gasteiger partial charge in [-0.1, -0.05) is 17.7 Å². The first-order valence-corrected chi connectivity index (χ1v) is 5.57. The van der Waals surface area contributed by atoms with E-state index in [1.807, 2.05) is 24.5 Å². The molecule has 0 amide bonds. The van der Waals surface area contributed by atoms with Gasteiger partial charge in [-0.05, 0) is 30.4 Å². The fourth-order valence-electron chi connectivity index (χ4n) is 1.07. The van der Waals surface area contributed by atoms with Crippen molar-refractivity contribution < 1.29 is 0 Å². The molecular weight excluding hydrogens is 202 g/mol. The molecule has 0 saturated heterocycles. The van der Waals surface area contributed by atoms with Crippen LogP contribution in [-0.2, 0) is 6.42 Å². The topological polar surface area (TPSA) is 23.8 Å². The van der Waals surface area contributed by atoms with E-state index >= 15 is 0 Å². The molecule has 13 heavy (non-hydrogen) atoms. The Labute approximate surface area is 87.7 Å². The minimum absolute atomic E-state index is 0.551. The second kappa shape index (κ2) is 5.16. The number of hydrogen-bond donors (Lipinski definition) is 0. The molecule has 0 aromatic heterocycles. The molecule has 3 heteroatoms. The van der Waals surface area contributed by atoms with E-state index in [4.69, 9.17) is 16.9 Å². The van der Waals surface area contributed by atoms with Crippen molar-refractivity contribution in [3.63, 3.8) is 0 Å². The molecular formula is C10H10ClNS. The lowest BCUT2D eigenvalue weighted by Crippen LogP contribution is -1.84. The summed E-state index contributed by atoms with van der Waals surface area (Å²) in [6, 6.07) is 8.07. The fourth-order valence-corrected chi connectivity index (χ4v) is 1.96. The molecule has 0 N–H and O–H groups in total. The van der Waals surface area contributed by atoms with Crippen LogP contribution in [0.5, 0.6) is 0 Å². The minimum atomic E-state index is 0.551. The average molecular weight is 212 g/mol. The monoisotopic (exact) mass is 211 g/mol. The van der Waals surface area contributed by atoms with Crippen LogP contribution in [0.4, 0.5) is 0 Å². The van der Waals surface area contributed by atoms with Crippen molar-refractivity contribution in [1.29, 1.82) is 5.26 Å². The van der Waals surface area contributed by atoms with Crippen LogP contribution in [0.1, 0.15) is 12.0 Å². The largest absolute Gasteiger partial charge is 0.198 e. The summed E-state index contributed by atoms with van der Waals surface area (Å²) in [6.45, 7) is 0. The van der Waals surface area contributed by atoms with Gasteiger partial charge in [-0.25, -0.2) is 0 Å². The number of hydrogen-bond acceptors (Lipinski definition) is 2. The molecule has 0 atom stereocenters. The third-order valence-electron chi connectivity index (χ3n) is 1.74. The zero-order chi connectivity index (χ0) is 9.68. The van der Waals surface area contributed by atoms with Crippen LogP contribution in [0.15, 0.2) is 23.1 Å². The predicted octanol–water partition coefficient (Wildman–Crippen LogP) is 3.52. The van der Waals surface area contributed by atoms with E-state index in [-0.39, 0.29) is 0 Å². The van der Waals surface area contributed by atoms with Gasteiger partial charge in [0.05, 0.1) is 11.1 Å². The molecule has 1 nitrogen and oxygen atoms in total. The lowest BCUT2D eigenvalue weighted by Gasteiger charge is -2.02. The van der Waals surface area contributed by atoms with Crippen LogP contribution < -0.4 is 0 Å². The first-order chi connectivity index (χ1) is 6.27. The summed E-state index contributed by atoms with van der Waals surface area (Å²) in [5.41, 5.74) is 1.13. The maximum Gasteiger partial charge on any atom is 0.0625 e. The van der Waals surface area contributed by atoms with E-state index in [1.54, 1.807) is 11.8 Å². The molecule has 0 aliphatic heterocycles. The summed E-state index contributed by atoms with van der Waals surface area (Å²) in [5.74, 6) is 0. The Morgan fingerprint density at radius 1 is 1.54 bits per heavy atom. The van der Waals surface area contributed by atoms with Gasteiger partial charge < -0.3 is 0 Å². The SMILES string of the molecule is CSc1ccc(CCC#N)cc1Cl. The van der Waals surface area contributed by atoms with E-state index in [0.717, 1.165) is 21.9 Å². The lowest BCUT2D eigenvalue weighted by atomic mass is 10.1. The van der Waals surface area contributed by atoms with Crippen LogP contribution in [0, 0.1) is 11.3 Å². The van der Waals surface area contributed by atoms with Crippen molar-refractivity contribution in [2.45, 2.75) is 17.7 Å². The third-order valence-corrected chi connectivity index (χ3v) is 2.96. The number of nitriles is 1. The second-order valence-corrected chi connectivity index (χ2v) is 3.88. The molecule has 1 aromatic rings. The number of rotatable bonds is 3. The molecule has 0 aliphatic carbocycles. The quantitative estimate of drug-likeness (QED) is 0.715. The van der Waals surface area contributed by atoms with E-state index in [1.165, 1.54) is 0 Å². The number of halogens is 1. The minimum Gasteiger partial charge on any atom is -0.198 e. The smallest absolute Gasteiger partial charge is 0.0625 e. The summed E-state index contributed by atoms with van der Waals surface area (Å²) in [6.07, 6.45) is 3.33. The summed E-state index contributed by atoms with van der Waals surface area (Å²) in [4.78, 5) is 1.09. The van der Waals surface area contributed by atoms with Crippen molar-refractivity contribution in [3.8, 4) is 6.07 Å². The van der Waals surface area contributed by atoms with E-state index in [0.29, 0.717) is 6.42 Å². The molecule has 0 fully saturated rings. The van der Waals surface area contributed by atoms with Crippen molar-refractivity contribution in [1.82, 2.24) is 0 Å². The maximum atomic E-state index is 8.41. The van der Waals surface area contributed by atoms with E-state index in [9.17, 15) is 0 Å². The molecule has 0 aliphatic rings. The molecule has 1 aromatic carbocycles. The summed E-state index contributed by atoms with van der Waals surface area (Å²) >= 11 is 7.64. The molecule has 0 heterocycles. The van der Waals surface area contributed by atoms with Crippen LogP contribution in [0.3, 0.4) is 0 Å². The van der Waals surface area contributed by atoms with Crippen molar-refractivity contribution in [3.05, 3.63) is 28.8 Å². The van der Waals surface area contributed by atoms with E-state index in [2.05, 4.69) is 6.07 Å². The highest BCUT2D eigenvalue weighted by Crippen LogP contribution is 2.26. The van der Waals surface area contributed by atoms with Gasteiger partial charge in [-0.2, -0.15) is 5.26 Å². The zero-order valence-corrected chi connectivity index (χ0v) is 8.95. The molecule has 68 valence electrons. The Morgan fingerprint density at radius 3 is 2.85 bits per heavy atom. The molecule has 0 bridgehead atoms. The van der Waals surface area contributed by atoms with E-state index < -0.39 is 0 Å². The number of aryl methyl sites for hydroxylation is 1. The third kappa shape index (κ3) is 2.95. The Hall–Kier alpha value is -0.650. The first kappa shape index (κ1) is 10.4. The molecule has 0 saturated carbocycles. The van der Waals surface area contributed by atoms with Gasteiger partial charge in [0.1, 0.15) is 0 Å². The summed E-state index contributed by atoms with van der Waals surface area (Å²) < 4.78 is 0. The van der Waals surface area contributed by atoms with Crippen LogP contribution in [0.2, 0.25) is 5.02 Å². The molecule has 0 spiro atoms. The van der Waals surface area contributed by atoms with Crippen LogP contribution in [-0.4, -0.2) is 6.26 Å². The van der Waals surface area contributed by atoms with Gasteiger partial charge in [0.25, 0.3) is 0 Å². The lowest BCUT2D eigenvalue weighted by molar-refractivity contribution is 1.01. The highest BCUT2D eigenvalue weighted by molar-refractivity contribution is 7.98. The van der Waals surface area contributed by atoms with Crippen molar-refractivity contribution in [2.24, 2.45) is 0 Å². The second-order valence-electron chi connectivity index (χ2n) is 2.63. The Balaban J connectivity index is 2.78. The molecule has 0 unspecified atom stereocenters.